The summed E-state index contributed by atoms with van der Waals surface area (Å²) in [5.41, 5.74) is 0. The summed E-state index contributed by atoms with van der Waals surface area (Å²) in [6.07, 6.45) is 2.81. The predicted molar refractivity (Wildman–Crippen MR) is 49.3 cm³/mol. The first-order chi connectivity index (χ1) is 5.22. The van der Waals surface area contributed by atoms with Gasteiger partial charge in [0, 0.05) is 5.31 Å². The minimum Gasteiger partial charge on any atom is -0.328 e. The molecule has 0 spiro atoms. The maximum Gasteiger partial charge on any atom is 0.216 e. The van der Waals surface area contributed by atoms with Crippen molar-refractivity contribution in [3.63, 3.8) is 0 Å². The summed E-state index contributed by atoms with van der Waals surface area (Å²) in [6.45, 7) is 8.28. The first-order valence-electron chi connectivity index (χ1n) is 4.07. The van der Waals surface area contributed by atoms with E-state index in [0.717, 1.165) is 24.6 Å². The van der Waals surface area contributed by atoms with Crippen molar-refractivity contribution < 1.29 is 9.09 Å². The van der Waals surface area contributed by atoms with Crippen molar-refractivity contribution in [1.29, 1.82) is 0 Å². The summed E-state index contributed by atoms with van der Waals surface area (Å²) >= 11 is 0. The molecule has 0 radical (unpaired) electrons. The van der Waals surface area contributed by atoms with Crippen LogP contribution in [0.25, 0.3) is 0 Å². The first-order valence-corrected chi connectivity index (χ1v) is 5.38. The van der Waals surface area contributed by atoms with Gasteiger partial charge in [-0.15, -0.1) is 0 Å². The molecule has 0 aliphatic rings. The Balaban J connectivity index is 3.44. The van der Waals surface area contributed by atoms with Gasteiger partial charge in [0.25, 0.3) is 0 Å². The van der Waals surface area contributed by atoms with Crippen LogP contribution in [-0.4, -0.2) is 6.61 Å². The molecule has 3 heteroatoms. The average molecular weight is 176 g/mol. The van der Waals surface area contributed by atoms with Crippen LogP contribution in [0, 0.1) is 0 Å². The Labute approximate surface area is 69.5 Å². The van der Waals surface area contributed by atoms with Crippen LogP contribution in [0.4, 0.5) is 0 Å². The first kappa shape index (κ1) is 10.9. The predicted octanol–water partition coefficient (Wildman–Crippen LogP) is 3.20. The van der Waals surface area contributed by atoms with Crippen LogP contribution in [0.15, 0.2) is 11.9 Å². The van der Waals surface area contributed by atoms with E-state index in [1.165, 1.54) is 0 Å². The van der Waals surface area contributed by atoms with E-state index in [2.05, 4.69) is 13.5 Å². The second-order valence-corrected chi connectivity index (χ2v) is 4.02. The van der Waals surface area contributed by atoms with E-state index < -0.39 is 8.03 Å². The molecule has 0 aliphatic carbocycles. The monoisotopic (exact) mass is 176 g/mol. The van der Waals surface area contributed by atoms with Crippen LogP contribution in [0.2, 0.25) is 0 Å². The number of hydrogen-bond donors (Lipinski definition) is 0. The number of allylic oxidation sites excluding steroid dienone is 1. The zero-order chi connectivity index (χ0) is 8.69. The summed E-state index contributed by atoms with van der Waals surface area (Å²) < 4.78 is 16.2. The topological polar surface area (TPSA) is 26.3 Å². The Morgan fingerprint density at radius 3 is 2.64 bits per heavy atom. The van der Waals surface area contributed by atoms with Gasteiger partial charge in [0.1, 0.15) is 0 Å². The number of unbranched alkanes of at least 4 members (excludes halogenated alkanes) is 1. The fourth-order valence-corrected chi connectivity index (χ4v) is 1.38. The van der Waals surface area contributed by atoms with Crippen LogP contribution < -0.4 is 0 Å². The van der Waals surface area contributed by atoms with Crippen molar-refractivity contribution in [2.75, 3.05) is 6.61 Å². The molecule has 0 saturated carbocycles. The lowest BCUT2D eigenvalue weighted by Crippen LogP contribution is -1.85. The molecule has 0 amide bonds. The van der Waals surface area contributed by atoms with E-state index in [1.807, 2.05) is 6.92 Å². The van der Waals surface area contributed by atoms with Gasteiger partial charge in [-0.05, 0) is 12.8 Å². The van der Waals surface area contributed by atoms with Crippen LogP contribution in [-0.2, 0) is 9.09 Å². The van der Waals surface area contributed by atoms with Crippen molar-refractivity contribution in [2.45, 2.75) is 33.1 Å². The van der Waals surface area contributed by atoms with Gasteiger partial charge in [-0.2, -0.15) is 0 Å². The third-order valence-electron chi connectivity index (χ3n) is 1.45. The average Bonchev–Trinajstić information content (AvgIpc) is 2.03. The van der Waals surface area contributed by atoms with Gasteiger partial charge in [-0.1, -0.05) is 26.8 Å². The van der Waals surface area contributed by atoms with Crippen molar-refractivity contribution in [1.82, 2.24) is 0 Å². The van der Waals surface area contributed by atoms with Crippen molar-refractivity contribution in [2.24, 2.45) is 0 Å². The highest BCUT2D eigenvalue weighted by Gasteiger charge is 2.00. The highest BCUT2D eigenvalue weighted by atomic mass is 31.1. The Kier molecular flexibility index (Phi) is 6.59. The van der Waals surface area contributed by atoms with Gasteiger partial charge in [0.2, 0.25) is 8.03 Å². The molecule has 11 heavy (non-hydrogen) atoms. The second kappa shape index (κ2) is 6.63. The molecule has 0 saturated heterocycles. The third-order valence-corrected chi connectivity index (χ3v) is 2.84. The summed E-state index contributed by atoms with van der Waals surface area (Å²) in [6, 6.07) is 0. The second-order valence-electron chi connectivity index (χ2n) is 2.45. The molecule has 1 unspecified atom stereocenters. The van der Waals surface area contributed by atoms with E-state index >= 15 is 0 Å². The van der Waals surface area contributed by atoms with E-state index in [1.54, 1.807) is 0 Å². The zero-order valence-corrected chi connectivity index (χ0v) is 8.35. The number of hydrogen-bond acceptors (Lipinski definition) is 2. The van der Waals surface area contributed by atoms with E-state index in [0.29, 0.717) is 6.61 Å². The summed E-state index contributed by atoms with van der Waals surface area (Å²) in [5, 5.41) is 0.742. The normalized spacial score (nSPS) is 12.9. The minimum absolute atomic E-state index is 0.604. The molecule has 0 bridgehead atoms. The fraction of sp³-hybridized carbons (Fsp3) is 0.750. The summed E-state index contributed by atoms with van der Waals surface area (Å²) in [7, 11) is -1.94. The minimum atomic E-state index is -1.94. The molecule has 66 valence electrons. The highest BCUT2D eigenvalue weighted by Crippen LogP contribution is 2.33. The fourth-order valence-electron chi connectivity index (χ4n) is 0.556. The molecule has 0 aliphatic heterocycles. The van der Waals surface area contributed by atoms with Crippen LogP contribution in [0.1, 0.15) is 33.1 Å². The largest absolute Gasteiger partial charge is 0.328 e. The highest BCUT2D eigenvalue weighted by molar-refractivity contribution is 7.44. The van der Waals surface area contributed by atoms with Gasteiger partial charge in [0.05, 0.1) is 6.61 Å². The lowest BCUT2D eigenvalue weighted by molar-refractivity contribution is 0.324. The quantitative estimate of drug-likeness (QED) is 0.459. The third kappa shape index (κ3) is 5.23. The lowest BCUT2D eigenvalue weighted by atomic mass is 10.4. The van der Waals surface area contributed by atoms with E-state index in [9.17, 15) is 4.57 Å². The van der Waals surface area contributed by atoms with Crippen molar-refractivity contribution >= 4 is 8.03 Å². The van der Waals surface area contributed by atoms with E-state index in [-0.39, 0.29) is 0 Å². The summed E-state index contributed by atoms with van der Waals surface area (Å²) in [5.74, 6) is 0. The molecular formula is C8H17O2P. The maximum atomic E-state index is 11.1. The van der Waals surface area contributed by atoms with Crippen molar-refractivity contribution in [3.8, 4) is 0 Å². The zero-order valence-electron chi connectivity index (χ0n) is 7.35. The van der Waals surface area contributed by atoms with Crippen LogP contribution >= 0.6 is 8.03 Å². The SMILES string of the molecule is C=C(CC)[PH](=O)OCCCC. The molecule has 0 aromatic heterocycles. The molecule has 0 aromatic rings. The molecular weight excluding hydrogens is 159 g/mol. The standard InChI is InChI=1S/C8H17O2P/c1-4-6-7-10-11(9)8(3)5-2/h11H,3-7H2,1-2H3. The lowest BCUT2D eigenvalue weighted by Gasteiger charge is -2.03. The Hall–Kier alpha value is -0.0700. The van der Waals surface area contributed by atoms with Crippen molar-refractivity contribution in [3.05, 3.63) is 11.9 Å². The molecule has 0 heterocycles. The maximum absolute atomic E-state index is 11.1. The Morgan fingerprint density at radius 1 is 1.55 bits per heavy atom. The Bertz CT molecular complexity index is 143. The molecule has 0 fully saturated rings. The van der Waals surface area contributed by atoms with Gasteiger partial charge >= 0.3 is 0 Å². The molecule has 0 rings (SSSR count). The smallest absolute Gasteiger partial charge is 0.216 e. The molecule has 0 aromatic carbocycles. The van der Waals surface area contributed by atoms with Crippen LogP contribution in [0.3, 0.4) is 0 Å². The molecule has 2 nitrogen and oxygen atoms in total. The molecule has 1 atom stereocenters. The van der Waals surface area contributed by atoms with Gasteiger partial charge in [-0.25, -0.2) is 0 Å². The van der Waals surface area contributed by atoms with Gasteiger partial charge < -0.3 is 4.52 Å². The number of rotatable bonds is 6. The Morgan fingerprint density at radius 2 is 2.18 bits per heavy atom. The summed E-state index contributed by atoms with van der Waals surface area (Å²) in [4.78, 5) is 0. The molecule has 0 N–H and O–H groups in total. The van der Waals surface area contributed by atoms with Gasteiger partial charge in [0.15, 0.2) is 0 Å². The van der Waals surface area contributed by atoms with Gasteiger partial charge in [-0.3, -0.25) is 4.57 Å². The van der Waals surface area contributed by atoms with Crippen LogP contribution in [0.5, 0.6) is 0 Å². The van der Waals surface area contributed by atoms with E-state index in [4.69, 9.17) is 4.52 Å².